The maximum absolute atomic E-state index is 13.4. The Morgan fingerprint density at radius 1 is 0.966 bits per heavy atom. The normalized spacial score (nSPS) is 16.2. The van der Waals surface area contributed by atoms with Crippen molar-refractivity contribution in [2.75, 3.05) is 20.2 Å². The Morgan fingerprint density at radius 2 is 1.69 bits per heavy atom. The van der Waals surface area contributed by atoms with Crippen LogP contribution >= 0.6 is 0 Å². The van der Waals surface area contributed by atoms with Crippen molar-refractivity contribution in [2.45, 2.75) is 6.04 Å². The highest BCUT2D eigenvalue weighted by Gasteiger charge is 2.34. The zero-order valence-electron chi connectivity index (χ0n) is 16.2. The van der Waals surface area contributed by atoms with Crippen molar-refractivity contribution in [3.8, 4) is 16.9 Å². The number of amides is 2. The molecule has 1 aliphatic heterocycles. The van der Waals surface area contributed by atoms with Crippen LogP contribution in [0.3, 0.4) is 0 Å². The standard InChI is InChI=1S/C24H22N2O3/c1-29-21-12-10-18(11-13-21)22-23(27)25-14-15-26(22)24(28)20-9-5-8-19(16-20)17-6-3-2-4-7-17/h2-13,16,22H,14-15H2,1H3,(H,25,27). The van der Waals surface area contributed by atoms with Gasteiger partial charge in [0.1, 0.15) is 11.8 Å². The molecule has 1 aliphatic rings. The van der Waals surface area contributed by atoms with E-state index in [2.05, 4.69) is 5.32 Å². The number of hydrogen-bond donors (Lipinski definition) is 1. The van der Waals surface area contributed by atoms with E-state index in [9.17, 15) is 9.59 Å². The molecule has 29 heavy (non-hydrogen) atoms. The van der Waals surface area contributed by atoms with E-state index in [0.29, 0.717) is 24.4 Å². The van der Waals surface area contributed by atoms with E-state index in [1.54, 1.807) is 30.2 Å². The highest BCUT2D eigenvalue weighted by atomic mass is 16.5. The first kappa shape index (κ1) is 18.7. The summed E-state index contributed by atoms with van der Waals surface area (Å²) in [6.07, 6.45) is 0. The lowest BCUT2D eigenvalue weighted by molar-refractivity contribution is -0.128. The molecule has 1 heterocycles. The van der Waals surface area contributed by atoms with E-state index >= 15 is 0 Å². The quantitative estimate of drug-likeness (QED) is 0.744. The highest BCUT2D eigenvalue weighted by molar-refractivity contribution is 5.99. The Bertz CT molecular complexity index is 1020. The summed E-state index contributed by atoms with van der Waals surface area (Å²) in [6, 6.07) is 24.1. The molecule has 1 atom stereocenters. The molecule has 3 aromatic carbocycles. The molecule has 5 heteroatoms. The Hall–Kier alpha value is -3.60. The Balaban J connectivity index is 1.66. The number of nitrogens with one attached hydrogen (secondary N) is 1. The lowest BCUT2D eigenvalue weighted by Gasteiger charge is -2.35. The van der Waals surface area contributed by atoms with Gasteiger partial charge in [0.05, 0.1) is 7.11 Å². The Labute approximate surface area is 169 Å². The second kappa shape index (κ2) is 8.19. The van der Waals surface area contributed by atoms with Crippen LogP contribution in [0.4, 0.5) is 0 Å². The van der Waals surface area contributed by atoms with Gasteiger partial charge in [-0.15, -0.1) is 0 Å². The van der Waals surface area contributed by atoms with Crippen LogP contribution in [-0.2, 0) is 4.79 Å². The molecule has 3 aromatic rings. The third-order valence-corrected chi connectivity index (χ3v) is 5.12. The summed E-state index contributed by atoms with van der Waals surface area (Å²) in [4.78, 5) is 27.6. The van der Waals surface area contributed by atoms with Crippen molar-refractivity contribution < 1.29 is 14.3 Å². The molecule has 146 valence electrons. The first-order chi connectivity index (χ1) is 14.2. The molecule has 0 saturated carbocycles. The number of piperazine rings is 1. The Morgan fingerprint density at radius 3 is 2.41 bits per heavy atom. The fourth-order valence-corrected chi connectivity index (χ4v) is 3.63. The van der Waals surface area contributed by atoms with Crippen LogP contribution in [0.15, 0.2) is 78.9 Å². The molecule has 0 aliphatic carbocycles. The third-order valence-electron chi connectivity index (χ3n) is 5.12. The van der Waals surface area contributed by atoms with Crippen LogP contribution in [0.25, 0.3) is 11.1 Å². The molecule has 1 saturated heterocycles. The Kier molecular flexibility index (Phi) is 5.29. The van der Waals surface area contributed by atoms with Crippen LogP contribution in [0.5, 0.6) is 5.75 Å². The average Bonchev–Trinajstić information content (AvgIpc) is 2.79. The number of carbonyl (C=O) groups excluding carboxylic acids is 2. The predicted octanol–water partition coefficient (Wildman–Crippen LogP) is 3.68. The summed E-state index contributed by atoms with van der Waals surface area (Å²) in [5, 5.41) is 2.87. The average molecular weight is 386 g/mol. The third kappa shape index (κ3) is 3.85. The summed E-state index contributed by atoms with van der Waals surface area (Å²) >= 11 is 0. The first-order valence-electron chi connectivity index (χ1n) is 9.55. The maximum atomic E-state index is 13.4. The second-order valence-electron chi connectivity index (χ2n) is 6.91. The number of carbonyl (C=O) groups is 2. The molecule has 0 spiro atoms. The predicted molar refractivity (Wildman–Crippen MR) is 112 cm³/mol. The van der Waals surface area contributed by atoms with Gasteiger partial charge in [0.2, 0.25) is 5.91 Å². The second-order valence-corrected chi connectivity index (χ2v) is 6.91. The van der Waals surface area contributed by atoms with Crippen molar-refractivity contribution in [1.82, 2.24) is 10.2 Å². The lowest BCUT2D eigenvalue weighted by Crippen LogP contribution is -2.52. The van der Waals surface area contributed by atoms with Crippen LogP contribution < -0.4 is 10.1 Å². The molecular weight excluding hydrogens is 364 g/mol. The minimum absolute atomic E-state index is 0.154. The SMILES string of the molecule is COc1ccc(C2C(=O)NCCN2C(=O)c2cccc(-c3ccccc3)c2)cc1. The molecule has 2 amide bonds. The van der Waals surface area contributed by atoms with Crippen molar-refractivity contribution in [1.29, 1.82) is 0 Å². The van der Waals surface area contributed by atoms with Gasteiger partial charge in [-0.05, 0) is 41.0 Å². The number of nitrogens with zero attached hydrogens (tertiary/aromatic N) is 1. The van der Waals surface area contributed by atoms with Crippen molar-refractivity contribution >= 4 is 11.8 Å². The van der Waals surface area contributed by atoms with Crippen LogP contribution in [0, 0.1) is 0 Å². The van der Waals surface area contributed by atoms with Gasteiger partial charge in [0, 0.05) is 18.7 Å². The van der Waals surface area contributed by atoms with Gasteiger partial charge in [-0.25, -0.2) is 0 Å². The fraction of sp³-hybridized carbons (Fsp3) is 0.167. The van der Waals surface area contributed by atoms with Gasteiger partial charge in [-0.3, -0.25) is 9.59 Å². The summed E-state index contributed by atoms with van der Waals surface area (Å²) in [5.74, 6) is 0.380. The van der Waals surface area contributed by atoms with E-state index in [-0.39, 0.29) is 11.8 Å². The van der Waals surface area contributed by atoms with E-state index in [1.165, 1.54) is 0 Å². The molecule has 0 bridgehead atoms. The van der Waals surface area contributed by atoms with Gasteiger partial charge in [0.15, 0.2) is 0 Å². The van der Waals surface area contributed by atoms with Crippen molar-refractivity contribution in [3.05, 3.63) is 90.0 Å². The number of hydrogen-bond acceptors (Lipinski definition) is 3. The highest BCUT2D eigenvalue weighted by Crippen LogP contribution is 2.28. The largest absolute Gasteiger partial charge is 0.497 e. The monoisotopic (exact) mass is 386 g/mol. The van der Waals surface area contributed by atoms with Crippen molar-refractivity contribution in [2.24, 2.45) is 0 Å². The smallest absolute Gasteiger partial charge is 0.254 e. The summed E-state index contributed by atoms with van der Waals surface area (Å²) < 4.78 is 5.20. The molecule has 0 radical (unpaired) electrons. The van der Waals surface area contributed by atoms with Crippen LogP contribution in [0.1, 0.15) is 22.0 Å². The van der Waals surface area contributed by atoms with Gasteiger partial charge in [-0.1, -0.05) is 54.6 Å². The zero-order chi connectivity index (χ0) is 20.2. The van der Waals surface area contributed by atoms with Gasteiger partial charge < -0.3 is 15.0 Å². The summed E-state index contributed by atoms with van der Waals surface area (Å²) in [5.41, 5.74) is 3.35. The zero-order valence-corrected chi connectivity index (χ0v) is 16.2. The van der Waals surface area contributed by atoms with Gasteiger partial charge >= 0.3 is 0 Å². The number of benzene rings is 3. The van der Waals surface area contributed by atoms with E-state index in [0.717, 1.165) is 16.7 Å². The van der Waals surface area contributed by atoms with E-state index in [4.69, 9.17) is 4.74 Å². The molecule has 5 nitrogen and oxygen atoms in total. The topological polar surface area (TPSA) is 58.6 Å². The van der Waals surface area contributed by atoms with E-state index in [1.807, 2.05) is 60.7 Å². The van der Waals surface area contributed by atoms with Gasteiger partial charge in [0.25, 0.3) is 5.91 Å². The molecule has 1 unspecified atom stereocenters. The number of ether oxygens (including phenoxy) is 1. The number of rotatable bonds is 4. The van der Waals surface area contributed by atoms with Crippen molar-refractivity contribution in [3.63, 3.8) is 0 Å². The first-order valence-corrected chi connectivity index (χ1v) is 9.55. The van der Waals surface area contributed by atoms with Crippen LogP contribution in [-0.4, -0.2) is 36.9 Å². The maximum Gasteiger partial charge on any atom is 0.254 e. The number of methoxy groups -OCH3 is 1. The lowest BCUT2D eigenvalue weighted by atomic mass is 9.99. The molecule has 0 aromatic heterocycles. The minimum atomic E-state index is -0.664. The fourth-order valence-electron chi connectivity index (χ4n) is 3.63. The van der Waals surface area contributed by atoms with Crippen LogP contribution in [0.2, 0.25) is 0 Å². The molecule has 1 N–H and O–H groups in total. The molecule has 4 rings (SSSR count). The summed E-state index contributed by atoms with van der Waals surface area (Å²) in [7, 11) is 1.60. The summed E-state index contributed by atoms with van der Waals surface area (Å²) in [6.45, 7) is 0.895. The molecular formula is C24H22N2O3. The van der Waals surface area contributed by atoms with E-state index < -0.39 is 6.04 Å². The molecule has 1 fully saturated rings. The minimum Gasteiger partial charge on any atom is -0.497 e. The van der Waals surface area contributed by atoms with Gasteiger partial charge in [-0.2, -0.15) is 0 Å².